The number of hydrogen-bond acceptors (Lipinski definition) is 7. The van der Waals surface area contributed by atoms with Crippen LogP contribution in [-0.4, -0.2) is 50.2 Å². The van der Waals surface area contributed by atoms with Crippen LogP contribution in [0.5, 0.6) is 0 Å². The first-order valence-electron chi connectivity index (χ1n) is 18.8. The zero-order valence-electron chi connectivity index (χ0n) is 31.5. The Bertz CT molecular complexity index is 3150. The molecule has 0 radical (unpaired) electrons. The summed E-state index contributed by atoms with van der Waals surface area (Å²) in [4.78, 5) is 39.6. The molecule has 0 aliphatic carbocycles. The van der Waals surface area contributed by atoms with Crippen LogP contribution < -0.4 is 0 Å². The average Bonchev–Trinajstić information content (AvgIpc) is 3.81. The number of benzene rings is 7. The van der Waals surface area contributed by atoms with Crippen molar-refractivity contribution in [3.05, 3.63) is 175 Å². The van der Waals surface area contributed by atoms with Crippen molar-refractivity contribution in [2.75, 3.05) is 14.2 Å². The number of ether oxygens (including phenoxy) is 2. The van der Waals surface area contributed by atoms with Gasteiger partial charge in [0.1, 0.15) is 0 Å². The lowest BCUT2D eigenvalue weighted by atomic mass is 10.0. The van der Waals surface area contributed by atoms with Gasteiger partial charge in [0.25, 0.3) is 0 Å². The standard InChI is InChI=1S/C49H33N5O4/c1-57-47(55)32-20-16-30(17-21-32)45-50-46(31-18-22-33(23-19-31)48(56)58-2)52-49(51-45)54-42-15-9-6-12-37(42)39-26-24-35(29-44(39)54)34-25-27-43-40(28-34)38-13-7-8-14-41(38)53(43)36-10-4-3-5-11-36/h3-29H,1-2H3. The fourth-order valence-electron chi connectivity index (χ4n) is 7.84. The Kier molecular flexibility index (Phi) is 8.34. The van der Waals surface area contributed by atoms with Crippen molar-refractivity contribution >= 4 is 55.6 Å². The Morgan fingerprint density at radius 2 is 0.879 bits per heavy atom. The molecule has 0 amide bonds. The number of fused-ring (bicyclic) bond motifs is 6. The van der Waals surface area contributed by atoms with Gasteiger partial charge in [-0.2, -0.15) is 9.97 Å². The summed E-state index contributed by atoms with van der Waals surface area (Å²) in [5.74, 6) is 0.373. The van der Waals surface area contributed by atoms with Crippen molar-refractivity contribution in [3.8, 4) is 45.5 Å². The van der Waals surface area contributed by atoms with Crippen LogP contribution in [0, 0.1) is 0 Å². The van der Waals surface area contributed by atoms with Crippen LogP contribution in [0.4, 0.5) is 0 Å². The normalized spacial score (nSPS) is 11.4. The fraction of sp³-hybridized carbons (Fsp3) is 0.0408. The third-order valence-corrected chi connectivity index (χ3v) is 10.6. The Balaban J connectivity index is 1.17. The Hall–Kier alpha value is -7.91. The monoisotopic (exact) mass is 755 g/mol. The van der Waals surface area contributed by atoms with E-state index in [4.69, 9.17) is 24.4 Å². The maximum Gasteiger partial charge on any atom is 0.337 e. The largest absolute Gasteiger partial charge is 0.465 e. The Labute approximate surface area is 332 Å². The minimum atomic E-state index is -0.434. The lowest BCUT2D eigenvalue weighted by molar-refractivity contribution is 0.0592. The number of para-hydroxylation sites is 3. The summed E-state index contributed by atoms with van der Waals surface area (Å²) in [5, 5.41) is 4.46. The van der Waals surface area contributed by atoms with Gasteiger partial charge in [0.05, 0.1) is 47.4 Å². The van der Waals surface area contributed by atoms with E-state index in [2.05, 4.69) is 106 Å². The first kappa shape index (κ1) is 34.6. The number of methoxy groups -OCH3 is 2. The van der Waals surface area contributed by atoms with E-state index in [1.165, 1.54) is 25.0 Å². The van der Waals surface area contributed by atoms with Gasteiger partial charge in [-0.05, 0) is 77.9 Å². The van der Waals surface area contributed by atoms with Gasteiger partial charge < -0.3 is 14.0 Å². The van der Waals surface area contributed by atoms with Crippen molar-refractivity contribution < 1.29 is 19.1 Å². The Morgan fingerprint density at radius 3 is 1.48 bits per heavy atom. The summed E-state index contributed by atoms with van der Waals surface area (Å²) in [5.41, 5.74) is 9.58. The average molecular weight is 756 g/mol. The molecule has 10 rings (SSSR count). The molecular formula is C49H33N5O4. The molecule has 0 unspecified atom stereocenters. The van der Waals surface area contributed by atoms with Gasteiger partial charge in [0, 0.05) is 38.4 Å². The van der Waals surface area contributed by atoms with Crippen molar-refractivity contribution in [1.82, 2.24) is 24.1 Å². The molecule has 0 aliphatic rings. The first-order valence-corrected chi connectivity index (χ1v) is 18.8. The highest BCUT2D eigenvalue weighted by Gasteiger charge is 2.20. The van der Waals surface area contributed by atoms with E-state index in [0.717, 1.165) is 49.7 Å². The molecule has 9 heteroatoms. The van der Waals surface area contributed by atoms with E-state index in [-0.39, 0.29) is 0 Å². The topological polar surface area (TPSA) is 101 Å². The van der Waals surface area contributed by atoms with Gasteiger partial charge in [-0.25, -0.2) is 14.6 Å². The molecule has 7 aromatic carbocycles. The second-order valence-electron chi connectivity index (χ2n) is 13.9. The van der Waals surface area contributed by atoms with Crippen LogP contribution in [0.25, 0.3) is 89.2 Å². The van der Waals surface area contributed by atoms with Crippen molar-refractivity contribution in [1.29, 1.82) is 0 Å². The molecule has 3 aromatic heterocycles. The van der Waals surface area contributed by atoms with E-state index in [9.17, 15) is 9.59 Å². The van der Waals surface area contributed by atoms with Gasteiger partial charge in [-0.1, -0.05) is 97.1 Å². The first-order chi connectivity index (χ1) is 28.5. The maximum atomic E-state index is 12.3. The summed E-state index contributed by atoms with van der Waals surface area (Å²) in [6, 6.07) is 54.4. The molecule has 58 heavy (non-hydrogen) atoms. The highest BCUT2D eigenvalue weighted by Crippen LogP contribution is 2.38. The van der Waals surface area contributed by atoms with Gasteiger partial charge in [-0.3, -0.25) is 4.57 Å². The van der Waals surface area contributed by atoms with Crippen LogP contribution in [0.2, 0.25) is 0 Å². The molecule has 0 atom stereocenters. The molecule has 3 heterocycles. The molecule has 0 saturated carbocycles. The van der Waals surface area contributed by atoms with E-state index in [1.807, 2.05) is 18.2 Å². The predicted octanol–water partition coefficient (Wildman–Crippen LogP) is 10.6. The van der Waals surface area contributed by atoms with Crippen molar-refractivity contribution in [3.63, 3.8) is 0 Å². The molecular weight excluding hydrogens is 723 g/mol. The van der Waals surface area contributed by atoms with Crippen LogP contribution in [-0.2, 0) is 9.47 Å². The molecule has 0 bridgehead atoms. The lowest BCUT2D eigenvalue weighted by Crippen LogP contribution is -2.07. The summed E-state index contributed by atoms with van der Waals surface area (Å²) in [6.07, 6.45) is 0. The van der Waals surface area contributed by atoms with Crippen LogP contribution in [0.3, 0.4) is 0 Å². The van der Waals surface area contributed by atoms with Crippen LogP contribution >= 0.6 is 0 Å². The highest BCUT2D eigenvalue weighted by atomic mass is 16.5. The molecule has 0 spiro atoms. The van der Waals surface area contributed by atoms with Gasteiger partial charge in [-0.15, -0.1) is 0 Å². The number of aromatic nitrogens is 5. The SMILES string of the molecule is COC(=O)c1ccc(-c2nc(-c3ccc(C(=O)OC)cc3)nc(-n3c4ccccc4c4ccc(-c5ccc6c(c5)c5ccccc5n6-c5ccccc5)cc43)n2)cc1. The fourth-order valence-corrected chi connectivity index (χ4v) is 7.84. The smallest absolute Gasteiger partial charge is 0.337 e. The molecule has 278 valence electrons. The predicted molar refractivity (Wildman–Crippen MR) is 227 cm³/mol. The zero-order valence-corrected chi connectivity index (χ0v) is 31.5. The van der Waals surface area contributed by atoms with Crippen LogP contribution in [0.1, 0.15) is 20.7 Å². The lowest BCUT2D eigenvalue weighted by Gasteiger charge is -2.12. The summed E-state index contributed by atoms with van der Waals surface area (Å²) >= 11 is 0. The molecule has 9 nitrogen and oxygen atoms in total. The molecule has 0 fully saturated rings. The van der Waals surface area contributed by atoms with E-state index in [0.29, 0.717) is 39.9 Å². The summed E-state index contributed by atoms with van der Waals surface area (Å²) < 4.78 is 14.2. The third-order valence-electron chi connectivity index (χ3n) is 10.6. The number of carbonyl (C=O) groups is 2. The minimum Gasteiger partial charge on any atom is -0.465 e. The molecule has 0 saturated heterocycles. The number of nitrogens with zero attached hydrogens (tertiary/aromatic N) is 5. The Morgan fingerprint density at radius 1 is 0.414 bits per heavy atom. The van der Waals surface area contributed by atoms with E-state index >= 15 is 0 Å². The van der Waals surface area contributed by atoms with E-state index < -0.39 is 11.9 Å². The number of carbonyl (C=O) groups excluding carboxylic acids is 2. The highest BCUT2D eigenvalue weighted by molar-refractivity contribution is 6.12. The van der Waals surface area contributed by atoms with Gasteiger partial charge in [0.2, 0.25) is 5.95 Å². The quantitative estimate of drug-likeness (QED) is 0.149. The second-order valence-corrected chi connectivity index (χ2v) is 13.9. The number of rotatable bonds is 7. The van der Waals surface area contributed by atoms with E-state index in [1.54, 1.807) is 48.5 Å². The summed E-state index contributed by atoms with van der Waals surface area (Å²) in [6.45, 7) is 0. The van der Waals surface area contributed by atoms with Crippen molar-refractivity contribution in [2.24, 2.45) is 0 Å². The van der Waals surface area contributed by atoms with Crippen LogP contribution in [0.15, 0.2) is 164 Å². The molecule has 0 aliphatic heterocycles. The molecule has 10 aromatic rings. The zero-order chi connectivity index (χ0) is 39.3. The minimum absolute atomic E-state index is 0.413. The third kappa shape index (κ3) is 5.76. The van der Waals surface area contributed by atoms with Gasteiger partial charge in [0.15, 0.2) is 11.6 Å². The van der Waals surface area contributed by atoms with Gasteiger partial charge >= 0.3 is 11.9 Å². The maximum absolute atomic E-state index is 12.3. The second kappa shape index (κ2) is 14.0. The summed E-state index contributed by atoms with van der Waals surface area (Å²) in [7, 11) is 2.71. The van der Waals surface area contributed by atoms with Crippen molar-refractivity contribution in [2.45, 2.75) is 0 Å². The molecule has 0 N–H and O–H groups in total. The number of esters is 2. The number of hydrogen-bond donors (Lipinski definition) is 0.